The molecule has 1 heterocycles. The van der Waals surface area contributed by atoms with Crippen LogP contribution in [0.4, 0.5) is 0 Å². The predicted octanol–water partition coefficient (Wildman–Crippen LogP) is 3.35. The van der Waals surface area contributed by atoms with Crippen LogP contribution >= 0.6 is 0 Å². The van der Waals surface area contributed by atoms with Crippen molar-refractivity contribution in [3.63, 3.8) is 0 Å². The van der Waals surface area contributed by atoms with Crippen LogP contribution in [0, 0.1) is 0 Å². The number of fused-ring (bicyclic) bond motifs is 1. The highest BCUT2D eigenvalue weighted by Gasteiger charge is 2.06. The van der Waals surface area contributed by atoms with E-state index in [0.29, 0.717) is 17.2 Å². The third kappa shape index (κ3) is 3.58. The Morgan fingerprint density at radius 2 is 1.96 bits per heavy atom. The minimum absolute atomic E-state index is 0.108. The molecule has 3 aromatic rings. The molecule has 0 saturated heterocycles. The Morgan fingerprint density at radius 1 is 1.13 bits per heavy atom. The third-order valence-electron chi connectivity index (χ3n) is 3.33. The first-order chi connectivity index (χ1) is 11.2. The minimum atomic E-state index is -0.330. The van der Waals surface area contributed by atoms with Crippen LogP contribution in [0.2, 0.25) is 0 Å². The predicted molar refractivity (Wildman–Crippen MR) is 88.5 cm³/mol. The average molecular weight is 308 g/mol. The number of ether oxygens (including phenoxy) is 1. The maximum Gasteiger partial charge on any atom is 0.277 e. The van der Waals surface area contributed by atoms with Crippen molar-refractivity contribution in [2.24, 2.45) is 5.10 Å². The molecular weight excluding hydrogens is 292 g/mol. The summed E-state index contributed by atoms with van der Waals surface area (Å²) in [6.45, 7) is 1.65. The molecule has 0 aliphatic rings. The van der Waals surface area contributed by atoms with E-state index >= 15 is 0 Å². The van der Waals surface area contributed by atoms with Crippen molar-refractivity contribution in [1.82, 2.24) is 5.43 Å². The molecule has 0 spiro atoms. The molecule has 0 aliphatic carbocycles. The molecule has 0 aliphatic heterocycles. The normalized spacial score (nSPS) is 11.4. The van der Waals surface area contributed by atoms with Gasteiger partial charge in [0.25, 0.3) is 5.91 Å². The highest BCUT2D eigenvalue weighted by Crippen LogP contribution is 2.24. The molecule has 5 heteroatoms. The van der Waals surface area contributed by atoms with Gasteiger partial charge in [0.05, 0.1) is 6.26 Å². The molecule has 0 fully saturated rings. The quantitative estimate of drug-likeness (QED) is 0.580. The van der Waals surface area contributed by atoms with E-state index in [9.17, 15) is 4.79 Å². The number of nitrogens with one attached hydrogen (secondary N) is 1. The maximum absolute atomic E-state index is 11.9. The van der Waals surface area contributed by atoms with Crippen molar-refractivity contribution in [2.75, 3.05) is 6.61 Å². The van der Waals surface area contributed by atoms with Gasteiger partial charge in [0, 0.05) is 5.39 Å². The number of rotatable bonds is 5. The summed E-state index contributed by atoms with van der Waals surface area (Å²) in [6, 6.07) is 17.1. The molecule has 0 bridgehead atoms. The molecule has 1 aromatic heterocycles. The van der Waals surface area contributed by atoms with E-state index in [4.69, 9.17) is 9.15 Å². The molecule has 3 rings (SSSR count). The summed E-state index contributed by atoms with van der Waals surface area (Å²) in [4.78, 5) is 11.9. The van der Waals surface area contributed by atoms with Crippen LogP contribution in [0.15, 0.2) is 70.4 Å². The molecule has 2 aromatic carbocycles. The van der Waals surface area contributed by atoms with Gasteiger partial charge in [0.2, 0.25) is 0 Å². The lowest BCUT2D eigenvalue weighted by Gasteiger charge is -2.08. The van der Waals surface area contributed by atoms with E-state index in [-0.39, 0.29) is 12.5 Å². The van der Waals surface area contributed by atoms with E-state index in [1.165, 1.54) is 0 Å². The molecule has 5 nitrogen and oxygen atoms in total. The van der Waals surface area contributed by atoms with Gasteiger partial charge in [-0.2, -0.15) is 5.10 Å². The molecule has 0 saturated carbocycles. The van der Waals surface area contributed by atoms with Crippen molar-refractivity contribution >= 4 is 22.4 Å². The lowest BCUT2D eigenvalue weighted by Crippen LogP contribution is -2.25. The maximum atomic E-state index is 11.9. The van der Waals surface area contributed by atoms with Crippen molar-refractivity contribution in [2.45, 2.75) is 6.92 Å². The molecular formula is C18H16N2O3. The second kappa shape index (κ2) is 6.79. The number of hydrogen-bond acceptors (Lipinski definition) is 4. The molecule has 23 heavy (non-hydrogen) atoms. The first kappa shape index (κ1) is 14.8. The van der Waals surface area contributed by atoms with Gasteiger partial charge in [0.1, 0.15) is 17.2 Å². The van der Waals surface area contributed by atoms with E-state index in [0.717, 1.165) is 10.8 Å². The van der Waals surface area contributed by atoms with Crippen LogP contribution in [-0.2, 0) is 4.79 Å². The SMILES string of the molecule is C/C(=N\NC(=O)COc1cccc2ccccc12)c1ccco1. The molecule has 0 atom stereocenters. The van der Waals surface area contributed by atoms with Gasteiger partial charge in [-0.1, -0.05) is 36.4 Å². The molecule has 1 amide bonds. The van der Waals surface area contributed by atoms with Gasteiger partial charge in [-0.25, -0.2) is 5.43 Å². The number of carbonyl (C=O) groups is 1. The number of carbonyl (C=O) groups excluding carboxylic acids is 1. The topological polar surface area (TPSA) is 63.8 Å². The fraction of sp³-hybridized carbons (Fsp3) is 0.111. The van der Waals surface area contributed by atoms with Gasteiger partial charge >= 0.3 is 0 Å². The Kier molecular flexibility index (Phi) is 4.38. The molecule has 1 N–H and O–H groups in total. The van der Waals surface area contributed by atoms with E-state index in [2.05, 4.69) is 10.5 Å². The lowest BCUT2D eigenvalue weighted by atomic mass is 10.1. The summed E-state index contributed by atoms with van der Waals surface area (Å²) < 4.78 is 10.8. The summed E-state index contributed by atoms with van der Waals surface area (Å²) in [6.07, 6.45) is 1.56. The van der Waals surface area contributed by atoms with Crippen molar-refractivity contribution in [3.8, 4) is 5.75 Å². The van der Waals surface area contributed by atoms with Gasteiger partial charge in [-0.3, -0.25) is 4.79 Å². The van der Waals surface area contributed by atoms with Crippen LogP contribution in [0.25, 0.3) is 10.8 Å². The Labute approximate surface area is 133 Å². The first-order valence-electron chi connectivity index (χ1n) is 7.21. The minimum Gasteiger partial charge on any atom is -0.483 e. The Balaban J connectivity index is 1.61. The van der Waals surface area contributed by atoms with E-state index in [1.54, 1.807) is 25.3 Å². The largest absolute Gasteiger partial charge is 0.483 e. The summed E-state index contributed by atoms with van der Waals surface area (Å²) in [5.74, 6) is 0.953. The van der Waals surface area contributed by atoms with Gasteiger partial charge in [0.15, 0.2) is 6.61 Å². The number of hydrogen-bond donors (Lipinski definition) is 1. The van der Waals surface area contributed by atoms with Crippen LogP contribution in [0.5, 0.6) is 5.75 Å². The smallest absolute Gasteiger partial charge is 0.277 e. The third-order valence-corrected chi connectivity index (χ3v) is 3.33. The number of hydrazone groups is 1. The molecule has 0 unspecified atom stereocenters. The van der Waals surface area contributed by atoms with Gasteiger partial charge < -0.3 is 9.15 Å². The highest BCUT2D eigenvalue weighted by molar-refractivity contribution is 5.96. The zero-order chi connectivity index (χ0) is 16.1. The zero-order valence-corrected chi connectivity index (χ0v) is 12.7. The van der Waals surface area contributed by atoms with Crippen LogP contribution < -0.4 is 10.2 Å². The monoisotopic (exact) mass is 308 g/mol. The van der Waals surface area contributed by atoms with Crippen molar-refractivity contribution in [1.29, 1.82) is 0 Å². The van der Waals surface area contributed by atoms with Crippen LogP contribution in [-0.4, -0.2) is 18.2 Å². The van der Waals surface area contributed by atoms with Crippen molar-refractivity contribution < 1.29 is 13.9 Å². The Bertz CT molecular complexity index is 833. The summed E-state index contributed by atoms with van der Waals surface area (Å²) in [7, 11) is 0. The van der Waals surface area contributed by atoms with Crippen molar-refractivity contribution in [3.05, 3.63) is 66.6 Å². The Morgan fingerprint density at radius 3 is 2.78 bits per heavy atom. The molecule has 116 valence electrons. The number of nitrogens with zero attached hydrogens (tertiary/aromatic N) is 1. The van der Waals surface area contributed by atoms with E-state index < -0.39 is 0 Å². The zero-order valence-electron chi connectivity index (χ0n) is 12.7. The number of furan rings is 1. The van der Waals surface area contributed by atoms with Crippen LogP contribution in [0.1, 0.15) is 12.7 Å². The van der Waals surface area contributed by atoms with Gasteiger partial charge in [-0.05, 0) is 30.5 Å². The van der Waals surface area contributed by atoms with Gasteiger partial charge in [-0.15, -0.1) is 0 Å². The highest BCUT2D eigenvalue weighted by atomic mass is 16.5. The summed E-state index contributed by atoms with van der Waals surface area (Å²) in [5, 5.41) is 6.02. The number of amides is 1. The summed E-state index contributed by atoms with van der Waals surface area (Å²) >= 11 is 0. The second-order valence-corrected chi connectivity index (χ2v) is 4.98. The Hall–Kier alpha value is -3.08. The standard InChI is InChI=1S/C18H16N2O3/c1-13(16-10-5-11-22-16)19-20-18(21)12-23-17-9-4-7-14-6-2-3-8-15(14)17/h2-11H,12H2,1H3,(H,20,21)/b19-13+. The first-order valence-corrected chi connectivity index (χ1v) is 7.21. The fourth-order valence-corrected chi connectivity index (χ4v) is 2.18. The molecule has 0 radical (unpaired) electrons. The lowest BCUT2D eigenvalue weighted by molar-refractivity contribution is -0.123. The van der Waals surface area contributed by atoms with Crippen LogP contribution in [0.3, 0.4) is 0 Å². The summed E-state index contributed by atoms with van der Waals surface area (Å²) in [5.41, 5.74) is 3.04. The average Bonchev–Trinajstić information content (AvgIpc) is 3.12. The number of benzene rings is 2. The fourth-order valence-electron chi connectivity index (χ4n) is 2.18. The second-order valence-electron chi connectivity index (χ2n) is 4.98. The van der Waals surface area contributed by atoms with E-state index in [1.807, 2.05) is 42.5 Å².